The highest BCUT2D eigenvalue weighted by Gasteiger charge is 2.30. The van der Waals surface area contributed by atoms with E-state index in [1.807, 2.05) is 78.8 Å². The number of carbonyl (C=O) groups excluding carboxylic acids is 2. The van der Waals surface area contributed by atoms with Crippen molar-refractivity contribution in [2.24, 2.45) is 17.8 Å². The summed E-state index contributed by atoms with van der Waals surface area (Å²) >= 11 is 0. The molecule has 0 aliphatic carbocycles. The van der Waals surface area contributed by atoms with Crippen molar-refractivity contribution in [2.75, 3.05) is 0 Å². The third-order valence-corrected chi connectivity index (χ3v) is 4.15. The summed E-state index contributed by atoms with van der Waals surface area (Å²) in [4.78, 5) is 25.5. The van der Waals surface area contributed by atoms with Crippen LogP contribution in [0.3, 0.4) is 0 Å². The molecule has 0 heterocycles. The van der Waals surface area contributed by atoms with Gasteiger partial charge in [-0.15, -0.1) is 0 Å². The fourth-order valence-electron chi connectivity index (χ4n) is 2.84. The molecule has 26 heavy (non-hydrogen) atoms. The van der Waals surface area contributed by atoms with Gasteiger partial charge in [-0.05, 0) is 51.0 Å². The Balaban J connectivity index is 2.88. The number of amides is 1. The van der Waals surface area contributed by atoms with Crippen LogP contribution in [0.4, 0.5) is 0 Å². The minimum Gasteiger partial charge on any atom is -0.458 e. The van der Waals surface area contributed by atoms with E-state index in [0.717, 1.165) is 5.56 Å². The average molecular weight is 362 g/mol. The number of ether oxygens (including phenoxy) is 1. The maximum atomic E-state index is 12.9. The summed E-state index contributed by atoms with van der Waals surface area (Å²) in [5, 5.41) is 2.96. The summed E-state index contributed by atoms with van der Waals surface area (Å²) in [6, 6.07) is 9.37. The number of carbonyl (C=O) groups is 2. The summed E-state index contributed by atoms with van der Waals surface area (Å²) in [5.41, 5.74) is 0.553. The fraction of sp³-hybridized carbons (Fsp3) is 0.636. The van der Waals surface area contributed by atoms with Gasteiger partial charge < -0.3 is 10.1 Å². The Morgan fingerprint density at radius 2 is 1.62 bits per heavy atom. The molecule has 0 radical (unpaired) electrons. The summed E-state index contributed by atoms with van der Waals surface area (Å²) < 4.78 is 5.51. The molecule has 4 heteroatoms. The van der Waals surface area contributed by atoms with Crippen molar-refractivity contribution < 1.29 is 14.3 Å². The Morgan fingerprint density at radius 1 is 1.04 bits per heavy atom. The number of nitrogens with one attached hydrogen (secondary N) is 1. The first-order chi connectivity index (χ1) is 12.0. The molecule has 1 aromatic rings. The van der Waals surface area contributed by atoms with Gasteiger partial charge in [-0.25, -0.2) is 4.79 Å². The normalized spacial score (nSPS) is 14.2. The lowest BCUT2D eigenvalue weighted by molar-refractivity contribution is -0.159. The van der Waals surface area contributed by atoms with Crippen molar-refractivity contribution in [3.63, 3.8) is 0 Å². The Morgan fingerprint density at radius 3 is 2.08 bits per heavy atom. The summed E-state index contributed by atoms with van der Waals surface area (Å²) in [7, 11) is 0. The molecule has 0 aromatic heterocycles. The molecule has 1 unspecified atom stereocenters. The quantitative estimate of drug-likeness (QED) is 0.699. The monoisotopic (exact) mass is 361 g/mol. The number of rotatable bonds is 8. The molecule has 146 valence electrons. The van der Waals surface area contributed by atoms with Gasteiger partial charge in [0.25, 0.3) is 0 Å². The second-order valence-corrected chi connectivity index (χ2v) is 8.76. The fourth-order valence-corrected chi connectivity index (χ4v) is 2.84. The topological polar surface area (TPSA) is 55.4 Å². The first-order valence-electron chi connectivity index (χ1n) is 9.56. The van der Waals surface area contributed by atoms with Crippen molar-refractivity contribution in [1.82, 2.24) is 5.32 Å². The molecule has 0 saturated carbocycles. The predicted octanol–water partition coefficient (Wildman–Crippen LogP) is 4.37. The SMILES string of the molecule is CC(C)C[C@H](NC(=O)C(Cc1ccccc1)C(C)C)C(=O)OC(C)(C)C. The van der Waals surface area contributed by atoms with Crippen LogP contribution in [0.15, 0.2) is 30.3 Å². The maximum absolute atomic E-state index is 12.9. The first kappa shape index (κ1) is 22.2. The Labute approximate surface area is 158 Å². The van der Waals surface area contributed by atoms with Crippen LogP contribution in [0, 0.1) is 17.8 Å². The molecule has 0 spiro atoms. The van der Waals surface area contributed by atoms with Crippen molar-refractivity contribution >= 4 is 11.9 Å². The largest absolute Gasteiger partial charge is 0.458 e. The van der Waals surface area contributed by atoms with E-state index in [0.29, 0.717) is 12.8 Å². The molecular weight excluding hydrogens is 326 g/mol. The molecule has 1 rings (SSSR count). The molecular formula is C22H35NO3. The van der Waals surface area contributed by atoms with E-state index in [4.69, 9.17) is 4.74 Å². The molecule has 4 nitrogen and oxygen atoms in total. The van der Waals surface area contributed by atoms with Crippen LogP contribution in [0.1, 0.15) is 60.5 Å². The van der Waals surface area contributed by atoms with E-state index >= 15 is 0 Å². The lowest BCUT2D eigenvalue weighted by atomic mass is 9.88. The smallest absolute Gasteiger partial charge is 0.329 e. The van der Waals surface area contributed by atoms with Crippen LogP contribution in [0.25, 0.3) is 0 Å². The number of benzene rings is 1. The molecule has 0 fully saturated rings. The molecule has 0 aliphatic rings. The molecule has 0 aliphatic heterocycles. The van der Waals surface area contributed by atoms with Gasteiger partial charge in [0.05, 0.1) is 0 Å². The third-order valence-electron chi connectivity index (χ3n) is 4.15. The summed E-state index contributed by atoms with van der Waals surface area (Å²) in [5.74, 6) is -0.176. The van der Waals surface area contributed by atoms with Crippen molar-refractivity contribution in [3.05, 3.63) is 35.9 Å². The van der Waals surface area contributed by atoms with E-state index < -0.39 is 11.6 Å². The van der Waals surface area contributed by atoms with Crippen LogP contribution in [0.2, 0.25) is 0 Å². The molecule has 0 bridgehead atoms. The highest BCUT2D eigenvalue weighted by molar-refractivity contribution is 5.86. The Kier molecular flexibility index (Phi) is 8.32. The summed E-state index contributed by atoms with van der Waals surface area (Å²) in [6.07, 6.45) is 1.23. The number of hydrogen-bond acceptors (Lipinski definition) is 3. The van der Waals surface area contributed by atoms with E-state index in [2.05, 4.69) is 5.32 Å². The van der Waals surface area contributed by atoms with Crippen LogP contribution in [0.5, 0.6) is 0 Å². The van der Waals surface area contributed by atoms with Gasteiger partial charge in [0.15, 0.2) is 0 Å². The van der Waals surface area contributed by atoms with E-state index in [-0.39, 0.29) is 29.6 Å². The van der Waals surface area contributed by atoms with E-state index in [9.17, 15) is 9.59 Å². The summed E-state index contributed by atoms with van der Waals surface area (Å²) in [6.45, 7) is 13.7. The van der Waals surface area contributed by atoms with E-state index in [1.165, 1.54) is 0 Å². The Hall–Kier alpha value is -1.84. The van der Waals surface area contributed by atoms with Crippen LogP contribution < -0.4 is 5.32 Å². The standard InChI is InChI=1S/C22H35NO3/c1-15(2)13-19(21(25)26-22(5,6)7)23-20(24)18(16(3)4)14-17-11-9-8-10-12-17/h8-12,15-16,18-19H,13-14H2,1-7H3,(H,23,24)/t18?,19-/m0/s1. The zero-order valence-corrected chi connectivity index (χ0v) is 17.3. The van der Waals surface area contributed by atoms with E-state index in [1.54, 1.807) is 0 Å². The first-order valence-corrected chi connectivity index (χ1v) is 9.56. The average Bonchev–Trinajstić information content (AvgIpc) is 2.50. The highest BCUT2D eigenvalue weighted by atomic mass is 16.6. The van der Waals surface area contributed by atoms with Gasteiger partial charge in [0, 0.05) is 5.92 Å². The number of hydrogen-bond donors (Lipinski definition) is 1. The molecule has 1 aromatic carbocycles. The predicted molar refractivity (Wildman–Crippen MR) is 106 cm³/mol. The van der Waals surface area contributed by atoms with Crippen molar-refractivity contribution in [3.8, 4) is 0 Å². The maximum Gasteiger partial charge on any atom is 0.329 e. The van der Waals surface area contributed by atoms with Gasteiger partial charge in [0.2, 0.25) is 5.91 Å². The van der Waals surface area contributed by atoms with Crippen molar-refractivity contribution in [2.45, 2.75) is 73.0 Å². The minimum absolute atomic E-state index is 0.0830. The van der Waals surface area contributed by atoms with Gasteiger partial charge in [-0.1, -0.05) is 58.0 Å². The second kappa shape index (κ2) is 9.75. The lowest BCUT2D eigenvalue weighted by Crippen LogP contribution is -2.48. The molecule has 2 atom stereocenters. The van der Waals surface area contributed by atoms with Gasteiger partial charge in [-0.2, -0.15) is 0 Å². The molecule has 1 N–H and O–H groups in total. The molecule has 1 amide bonds. The molecule has 0 saturated heterocycles. The van der Waals surface area contributed by atoms with Crippen LogP contribution >= 0.6 is 0 Å². The Bertz CT molecular complexity index is 573. The van der Waals surface area contributed by atoms with Gasteiger partial charge in [-0.3, -0.25) is 4.79 Å². The van der Waals surface area contributed by atoms with Crippen LogP contribution in [-0.4, -0.2) is 23.5 Å². The van der Waals surface area contributed by atoms with Gasteiger partial charge in [0.1, 0.15) is 11.6 Å². The second-order valence-electron chi connectivity index (χ2n) is 8.76. The number of esters is 1. The van der Waals surface area contributed by atoms with Crippen LogP contribution in [-0.2, 0) is 20.7 Å². The zero-order valence-electron chi connectivity index (χ0n) is 17.3. The van der Waals surface area contributed by atoms with Crippen molar-refractivity contribution in [1.29, 1.82) is 0 Å². The highest BCUT2D eigenvalue weighted by Crippen LogP contribution is 2.19. The van der Waals surface area contributed by atoms with Gasteiger partial charge >= 0.3 is 5.97 Å². The third kappa shape index (κ3) is 8.03. The lowest BCUT2D eigenvalue weighted by Gasteiger charge is -2.28. The minimum atomic E-state index is -0.612. The zero-order chi connectivity index (χ0) is 19.9.